The first-order chi connectivity index (χ1) is 9.83. The number of methoxy groups -OCH3 is 1. The molecule has 1 N–H and O–H groups in total. The molecule has 2 aromatic rings. The second-order valence-corrected chi connectivity index (χ2v) is 7.81. The maximum Gasteiger partial charge on any atom is 0.261 e. The summed E-state index contributed by atoms with van der Waals surface area (Å²) in [5.41, 5.74) is 1.38. The molecule has 21 heavy (non-hydrogen) atoms. The topological polar surface area (TPSA) is 55.4 Å². The molecule has 0 radical (unpaired) electrons. The molecule has 0 spiro atoms. The number of sulfonamides is 1. The van der Waals surface area contributed by atoms with E-state index in [1.807, 2.05) is 19.1 Å². The molecular formula is C14H13Br2NO3S. The number of ether oxygens (including phenoxy) is 1. The lowest BCUT2D eigenvalue weighted by molar-refractivity contribution is 0.411. The first-order valence-electron chi connectivity index (χ1n) is 5.96. The van der Waals surface area contributed by atoms with Gasteiger partial charge in [-0.15, -0.1) is 0 Å². The molecule has 2 aromatic carbocycles. The molecule has 0 saturated carbocycles. The number of rotatable bonds is 4. The van der Waals surface area contributed by atoms with Crippen molar-refractivity contribution in [1.82, 2.24) is 0 Å². The van der Waals surface area contributed by atoms with Crippen molar-refractivity contribution in [2.45, 2.75) is 11.8 Å². The Morgan fingerprint density at radius 1 is 1.10 bits per heavy atom. The Morgan fingerprint density at radius 2 is 1.81 bits per heavy atom. The first kappa shape index (κ1) is 16.3. The van der Waals surface area contributed by atoms with Crippen LogP contribution in [0.15, 0.2) is 50.2 Å². The minimum atomic E-state index is -3.66. The van der Waals surface area contributed by atoms with Gasteiger partial charge in [0.25, 0.3) is 10.0 Å². The molecule has 0 aromatic heterocycles. The van der Waals surface area contributed by atoms with Crippen molar-refractivity contribution in [1.29, 1.82) is 0 Å². The summed E-state index contributed by atoms with van der Waals surface area (Å²) in [4.78, 5) is 0.162. The van der Waals surface area contributed by atoms with E-state index in [1.165, 1.54) is 19.2 Å². The van der Waals surface area contributed by atoms with Crippen LogP contribution in [0.2, 0.25) is 0 Å². The van der Waals surface area contributed by atoms with Crippen LogP contribution in [0.1, 0.15) is 5.56 Å². The molecule has 0 amide bonds. The predicted molar refractivity (Wildman–Crippen MR) is 90.4 cm³/mol. The lowest BCUT2D eigenvalue weighted by Gasteiger charge is -2.12. The molecule has 0 aliphatic rings. The number of nitrogens with one attached hydrogen (secondary N) is 1. The molecule has 0 saturated heterocycles. The summed E-state index contributed by atoms with van der Waals surface area (Å²) in [6.07, 6.45) is 0. The van der Waals surface area contributed by atoms with Crippen molar-refractivity contribution < 1.29 is 13.2 Å². The summed E-state index contributed by atoms with van der Waals surface area (Å²) in [7, 11) is -2.13. The van der Waals surface area contributed by atoms with Gasteiger partial charge in [-0.3, -0.25) is 4.72 Å². The van der Waals surface area contributed by atoms with Gasteiger partial charge in [-0.05, 0) is 58.7 Å². The van der Waals surface area contributed by atoms with Crippen molar-refractivity contribution in [2.24, 2.45) is 0 Å². The first-order valence-corrected chi connectivity index (χ1v) is 9.03. The van der Waals surface area contributed by atoms with Crippen LogP contribution in [-0.4, -0.2) is 15.5 Å². The Kier molecular flexibility index (Phi) is 4.95. The van der Waals surface area contributed by atoms with Gasteiger partial charge in [0.1, 0.15) is 5.75 Å². The van der Waals surface area contributed by atoms with Crippen LogP contribution < -0.4 is 9.46 Å². The number of hydrogen-bond donors (Lipinski definition) is 1. The van der Waals surface area contributed by atoms with E-state index >= 15 is 0 Å². The van der Waals surface area contributed by atoms with Crippen molar-refractivity contribution in [3.8, 4) is 5.75 Å². The molecule has 112 valence electrons. The van der Waals surface area contributed by atoms with E-state index in [0.29, 0.717) is 15.9 Å². The fraction of sp³-hybridized carbons (Fsp3) is 0.143. The molecular weight excluding hydrogens is 422 g/mol. The molecule has 0 atom stereocenters. The van der Waals surface area contributed by atoms with E-state index in [2.05, 4.69) is 36.6 Å². The van der Waals surface area contributed by atoms with E-state index in [-0.39, 0.29) is 4.90 Å². The summed E-state index contributed by atoms with van der Waals surface area (Å²) < 4.78 is 33.9. The normalized spacial score (nSPS) is 11.2. The SMILES string of the molecule is COc1ccc(S(=O)(=O)Nc2cc(Br)ccc2C)cc1Br. The van der Waals surface area contributed by atoms with Crippen LogP contribution in [0.25, 0.3) is 0 Å². The minimum absolute atomic E-state index is 0.162. The van der Waals surface area contributed by atoms with E-state index in [4.69, 9.17) is 4.74 Å². The molecule has 2 rings (SSSR count). The van der Waals surface area contributed by atoms with Gasteiger partial charge in [0, 0.05) is 4.47 Å². The standard InChI is InChI=1S/C14H13Br2NO3S/c1-9-3-4-10(15)7-13(9)17-21(18,19)11-5-6-14(20-2)12(16)8-11/h3-8,17H,1-2H3. The summed E-state index contributed by atoms with van der Waals surface area (Å²) in [5.74, 6) is 0.576. The highest BCUT2D eigenvalue weighted by atomic mass is 79.9. The highest BCUT2D eigenvalue weighted by Gasteiger charge is 2.17. The zero-order valence-electron chi connectivity index (χ0n) is 11.4. The Bertz CT molecular complexity index is 776. The van der Waals surface area contributed by atoms with Crippen LogP contribution >= 0.6 is 31.9 Å². The number of halogens is 2. The highest BCUT2D eigenvalue weighted by molar-refractivity contribution is 9.10. The largest absolute Gasteiger partial charge is 0.496 e. The number of anilines is 1. The highest BCUT2D eigenvalue weighted by Crippen LogP contribution is 2.29. The lowest BCUT2D eigenvalue weighted by Crippen LogP contribution is -2.13. The summed E-state index contributed by atoms with van der Waals surface area (Å²) in [5, 5.41) is 0. The third kappa shape index (κ3) is 3.78. The van der Waals surface area contributed by atoms with Gasteiger partial charge in [-0.2, -0.15) is 0 Å². The van der Waals surface area contributed by atoms with E-state index in [9.17, 15) is 8.42 Å². The van der Waals surface area contributed by atoms with Gasteiger partial charge in [0.05, 0.1) is 22.2 Å². The zero-order chi connectivity index (χ0) is 15.6. The number of hydrogen-bond acceptors (Lipinski definition) is 3. The number of benzene rings is 2. The molecule has 4 nitrogen and oxygen atoms in total. The smallest absolute Gasteiger partial charge is 0.261 e. The van der Waals surface area contributed by atoms with Gasteiger partial charge in [-0.25, -0.2) is 8.42 Å². The van der Waals surface area contributed by atoms with Gasteiger partial charge in [0.2, 0.25) is 0 Å². The fourth-order valence-corrected chi connectivity index (χ4v) is 3.92. The molecule has 7 heteroatoms. The molecule has 0 heterocycles. The minimum Gasteiger partial charge on any atom is -0.496 e. The van der Waals surface area contributed by atoms with Gasteiger partial charge in [-0.1, -0.05) is 22.0 Å². The molecule has 0 aliphatic heterocycles. The van der Waals surface area contributed by atoms with Gasteiger partial charge >= 0.3 is 0 Å². The van der Waals surface area contributed by atoms with E-state index in [1.54, 1.807) is 12.1 Å². The van der Waals surface area contributed by atoms with Crippen LogP contribution in [0.4, 0.5) is 5.69 Å². The maximum atomic E-state index is 12.4. The van der Waals surface area contributed by atoms with E-state index < -0.39 is 10.0 Å². The molecule has 0 unspecified atom stereocenters. The Hall–Kier alpha value is -1.05. The maximum absolute atomic E-state index is 12.4. The van der Waals surface area contributed by atoms with Crippen LogP contribution in [0.5, 0.6) is 5.75 Å². The average molecular weight is 435 g/mol. The Balaban J connectivity index is 2.38. The van der Waals surface area contributed by atoms with Crippen molar-refractivity contribution in [2.75, 3.05) is 11.8 Å². The quantitative estimate of drug-likeness (QED) is 0.778. The second kappa shape index (κ2) is 6.37. The predicted octanol–water partition coefficient (Wildman–Crippen LogP) is 4.33. The zero-order valence-corrected chi connectivity index (χ0v) is 15.3. The monoisotopic (exact) mass is 433 g/mol. The van der Waals surface area contributed by atoms with Crippen LogP contribution in [0.3, 0.4) is 0 Å². The molecule has 0 bridgehead atoms. The molecule has 0 aliphatic carbocycles. The van der Waals surface area contributed by atoms with Gasteiger partial charge < -0.3 is 4.74 Å². The van der Waals surface area contributed by atoms with Crippen LogP contribution in [0, 0.1) is 6.92 Å². The van der Waals surface area contributed by atoms with Crippen molar-refractivity contribution in [3.63, 3.8) is 0 Å². The van der Waals surface area contributed by atoms with Crippen molar-refractivity contribution >= 4 is 47.6 Å². The summed E-state index contributed by atoms with van der Waals surface area (Å²) in [6, 6.07) is 10.0. The lowest BCUT2D eigenvalue weighted by atomic mass is 10.2. The van der Waals surface area contributed by atoms with Crippen LogP contribution in [-0.2, 0) is 10.0 Å². The average Bonchev–Trinajstić information content (AvgIpc) is 2.42. The summed E-state index contributed by atoms with van der Waals surface area (Å²) >= 11 is 6.62. The Morgan fingerprint density at radius 3 is 2.43 bits per heavy atom. The fourth-order valence-electron chi connectivity index (χ4n) is 1.72. The van der Waals surface area contributed by atoms with Gasteiger partial charge in [0.15, 0.2) is 0 Å². The van der Waals surface area contributed by atoms with Crippen molar-refractivity contribution in [3.05, 3.63) is 50.9 Å². The van der Waals surface area contributed by atoms with E-state index in [0.717, 1.165) is 10.0 Å². The summed E-state index contributed by atoms with van der Waals surface area (Å²) in [6.45, 7) is 1.84. The third-order valence-electron chi connectivity index (χ3n) is 2.88. The second-order valence-electron chi connectivity index (χ2n) is 4.36. The Labute approximate surface area is 140 Å². The molecule has 0 fully saturated rings. The number of aryl methyl sites for hydroxylation is 1. The third-order valence-corrected chi connectivity index (χ3v) is 5.35.